The van der Waals surface area contributed by atoms with Crippen LogP contribution in [0.2, 0.25) is 0 Å². The SMILES string of the molecule is COc1cccc(C2CC(c3ccccc3)=NN2C=O)c1. The van der Waals surface area contributed by atoms with Gasteiger partial charge in [0.05, 0.1) is 18.9 Å². The third-order valence-electron chi connectivity index (χ3n) is 3.64. The van der Waals surface area contributed by atoms with Crippen LogP contribution in [-0.4, -0.2) is 24.2 Å². The van der Waals surface area contributed by atoms with Gasteiger partial charge in [-0.25, -0.2) is 5.01 Å². The summed E-state index contributed by atoms with van der Waals surface area (Å²) in [5.41, 5.74) is 3.00. The summed E-state index contributed by atoms with van der Waals surface area (Å²) in [7, 11) is 1.64. The quantitative estimate of drug-likeness (QED) is 0.808. The number of amides is 1. The van der Waals surface area contributed by atoms with Gasteiger partial charge in [-0.05, 0) is 23.3 Å². The van der Waals surface area contributed by atoms with Crippen molar-refractivity contribution in [1.29, 1.82) is 0 Å². The highest BCUT2D eigenvalue weighted by Crippen LogP contribution is 2.32. The maximum absolute atomic E-state index is 11.3. The predicted octanol–water partition coefficient (Wildman–Crippen LogP) is 3.00. The minimum Gasteiger partial charge on any atom is -0.497 e. The summed E-state index contributed by atoms with van der Waals surface area (Å²) >= 11 is 0. The van der Waals surface area contributed by atoms with E-state index in [-0.39, 0.29) is 6.04 Å². The Balaban J connectivity index is 1.90. The molecule has 0 aromatic heterocycles. The number of nitrogens with zero attached hydrogens (tertiary/aromatic N) is 2. The molecular weight excluding hydrogens is 264 g/mol. The van der Waals surface area contributed by atoms with Crippen molar-refractivity contribution in [2.24, 2.45) is 5.10 Å². The molecule has 3 rings (SSSR count). The molecule has 4 heteroatoms. The van der Waals surface area contributed by atoms with E-state index in [9.17, 15) is 4.79 Å². The fourth-order valence-electron chi connectivity index (χ4n) is 2.55. The molecule has 106 valence electrons. The van der Waals surface area contributed by atoms with Gasteiger partial charge in [-0.1, -0.05) is 42.5 Å². The minimum atomic E-state index is -0.0761. The molecule has 0 N–H and O–H groups in total. The van der Waals surface area contributed by atoms with E-state index in [0.717, 1.165) is 29.0 Å². The number of hydrogen-bond donors (Lipinski definition) is 0. The van der Waals surface area contributed by atoms with Crippen LogP contribution in [0.3, 0.4) is 0 Å². The molecule has 0 saturated carbocycles. The van der Waals surface area contributed by atoms with Gasteiger partial charge < -0.3 is 4.74 Å². The third-order valence-corrected chi connectivity index (χ3v) is 3.64. The van der Waals surface area contributed by atoms with Crippen molar-refractivity contribution in [3.63, 3.8) is 0 Å². The Hall–Kier alpha value is -2.62. The molecule has 0 radical (unpaired) electrons. The highest BCUT2D eigenvalue weighted by Gasteiger charge is 2.28. The van der Waals surface area contributed by atoms with Crippen molar-refractivity contribution in [2.45, 2.75) is 12.5 Å². The summed E-state index contributed by atoms with van der Waals surface area (Å²) in [5.74, 6) is 0.784. The minimum absolute atomic E-state index is 0.0761. The smallest absolute Gasteiger partial charge is 0.230 e. The lowest BCUT2D eigenvalue weighted by Gasteiger charge is -2.17. The van der Waals surface area contributed by atoms with Crippen molar-refractivity contribution in [3.05, 3.63) is 65.7 Å². The average molecular weight is 280 g/mol. The zero-order valence-corrected chi connectivity index (χ0v) is 11.8. The monoisotopic (exact) mass is 280 g/mol. The van der Waals surface area contributed by atoms with E-state index in [4.69, 9.17) is 4.74 Å². The van der Waals surface area contributed by atoms with Crippen molar-refractivity contribution >= 4 is 12.1 Å². The van der Waals surface area contributed by atoms with Crippen molar-refractivity contribution in [1.82, 2.24) is 5.01 Å². The van der Waals surface area contributed by atoms with Crippen LogP contribution in [0.4, 0.5) is 0 Å². The van der Waals surface area contributed by atoms with Gasteiger partial charge in [-0.15, -0.1) is 0 Å². The van der Waals surface area contributed by atoms with E-state index in [1.807, 2.05) is 54.6 Å². The highest BCUT2D eigenvalue weighted by molar-refractivity contribution is 6.02. The fourth-order valence-corrected chi connectivity index (χ4v) is 2.55. The van der Waals surface area contributed by atoms with Gasteiger partial charge >= 0.3 is 0 Å². The topological polar surface area (TPSA) is 41.9 Å². The maximum Gasteiger partial charge on any atom is 0.230 e. The summed E-state index contributed by atoms with van der Waals surface area (Å²) < 4.78 is 5.25. The molecule has 2 aromatic rings. The Labute approximate surface area is 123 Å². The molecule has 1 atom stereocenters. The Morgan fingerprint density at radius 2 is 2.00 bits per heavy atom. The normalized spacial score (nSPS) is 17.5. The highest BCUT2D eigenvalue weighted by atomic mass is 16.5. The van der Waals surface area contributed by atoms with Crippen LogP contribution in [0.25, 0.3) is 0 Å². The van der Waals surface area contributed by atoms with Gasteiger partial charge in [0, 0.05) is 6.42 Å². The van der Waals surface area contributed by atoms with E-state index in [0.29, 0.717) is 6.42 Å². The molecule has 0 fully saturated rings. The van der Waals surface area contributed by atoms with Gasteiger partial charge in [0.15, 0.2) is 0 Å². The Morgan fingerprint density at radius 3 is 2.71 bits per heavy atom. The summed E-state index contributed by atoms with van der Waals surface area (Å²) in [6.45, 7) is 0. The van der Waals surface area contributed by atoms with Crippen LogP contribution in [0, 0.1) is 0 Å². The fraction of sp³-hybridized carbons (Fsp3) is 0.176. The second-order valence-corrected chi connectivity index (χ2v) is 4.89. The second-order valence-electron chi connectivity index (χ2n) is 4.89. The van der Waals surface area contributed by atoms with Crippen molar-refractivity contribution < 1.29 is 9.53 Å². The van der Waals surface area contributed by atoms with E-state index in [2.05, 4.69) is 5.10 Å². The zero-order valence-electron chi connectivity index (χ0n) is 11.8. The molecule has 1 heterocycles. The molecule has 1 aliphatic rings. The lowest BCUT2D eigenvalue weighted by Crippen LogP contribution is -2.17. The molecule has 0 saturated heterocycles. The number of rotatable bonds is 4. The average Bonchev–Trinajstić information content (AvgIpc) is 3.00. The Morgan fingerprint density at radius 1 is 1.19 bits per heavy atom. The molecule has 0 spiro atoms. The molecule has 0 bridgehead atoms. The van der Waals surface area contributed by atoms with E-state index in [1.54, 1.807) is 7.11 Å². The van der Waals surface area contributed by atoms with Crippen molar-refractivity contribution in [2.75, 3.05) is 7.11 Å². The molecule has 21 heavy (non-hydrogen) atoms. The largest absolute Gasteiger partial charge is 0.497 e. The number of benzene rings is 2. The summed E-state index contributed by atoms with van der Waals surface area (Å²) in [4.78, 5) is 11.3. The number of hydrogen-bond acceptors (Lipinski definition) is 3. The lowest BCUT2D eigenvalue weighted by molar-refractivity contribution is -0.119. The second kappa shape index (κ2) is 5.79. The van der Waals surface area contributed by atoms with Crippen LogP contribution in [0.15, 0.2) is 59.7 Å². The molecule has 0 aliphatic carbocycles. The lowest BCUT2D eigenvalue weighted by atomic mass is 9.98. The van der Waals surface area contributed by atoms with Crippen LogP contribution in [0.5, 0.6) is 5.75 Å². The van der Waals surface area contributed by atoms with Gasteiger partial charge in [-0.2, -0.15) is 5.10 Å². The first-order valence-corrected chi connectivity index (χ1v) is 6.82. The third kappa shape index (κ3) is 2.65. The van der Waals surface area contributed by atoms with Crippen molar-refractivity contribution in [3.8, 4) is 5.75 Å². The predicted molar refractivity (Wildman–Crippen MR) is 81.2 cm³/mol. The van der Waals surface area contributed by atoms with Crippen LogP contribution in [0.1, 0.15) is 23.6 Å². The standard InChI is InChI=1S/C17H16N2O2/c1-21-15-9-5-8-14(10-15)17-11-16(18-19(17)12-20)13-6-3-2-4-7-13/h2-10,12,17H,11H2,1H3. The van der Waals surface area contributed by atoms with E-state index in [1.165, 1.54) is 5.01 Å². The summed E-state index contributed by atoms with van der Waals surface area (Å²) in [5, 5.41) is 5.91. The van der Waals surface area contributed by atoms with Gasteiger partial charge in [0.1, 0.15) is 5.75 Å². The molecule has 1 unspecified atom stereocenters. The Bertz CT molecular complexity index is 668. The van der Waals surface area contributed by atoms with Crippen LogP contribution >= 0.6 is 0 Å². The Kier molecular flexibility index (Phi) is 3.69. The number of hydrazone groups is 1. The molecule has 1 amide bonds. The summed E-state index contributed by atoms with van der Waals surface area (Å²) in [6, 6.07) is 17.6. The number of carbonyl (C=O) groups excluding carboxylic acids is 1. The molecule has 4 nitrogen and oxygen atoms in total. The first-order chi connectivity index (χ1) is 10.3. The first-order valence-electron chi connectivity index (χ1n) is 6.82. The maximum atomic E-state index is 11.3. The summed E-state index contributed by atoms with van der Waals surface area (Å²) in [6.07, 6.45) is 1.48. The number of methoxy groups -OCH3 is 1. The molecule has 1 aliphatic heterocycles. The van der Waals surface area contributed by atoms with Crippen LogP contribution < -0.4 is 4.74 Å². The van der Waals surface area contributed by atoms with Gasteiger partial charge in [0.2, 0.25) is 6.41 Å². The van der Waals surface area contributed by atoms with E-state index < -0.39 is 0 Å². The molecule has 2 aromatic carbocycles. The van der Waals surface area contributed by atoms with Crippen LogP contribution in [-0.2, 0) is 4.79 Å². The first kappa shape index (κ1) is 13.4. The zero-order chi connectivity index (χ0) is 14.7. The van der Waals surface area contributed by atoms with E-state index >= 15 is 0 Å². The van der Waals surface area contributed by atoms with Gasteiger partial charge in [0.25, 0.3) is 0 Å². The molecular formula is C17H16N2O2. The number of carbonyl (C=O) groups is 1. The number of ether oxygens (including phenoxy) is 1. The van der Waals surface area contributed by atoms with Gasteiger partial charge in [-0.3, -0.25) is 4.79 Å².